The Kier molecular flexibility index (Phi) is 6.40. The van der Waals surface area contributed by atoms with Gasteiger partial charge in [0, 0.05) is 29.2 Å². The minimum absolute atomic E-state index is 0.120. The number of nitrogens with one attached hydrogen (secondary N) is 1. The second-order valence-corrected chi connectivity index (χ2v) is 6.36. The maximum absolute atomic E-state index is 12.6. The summed E-state index contributed by atoms with van der Waals surface area (Å²) >= 11 is 6.18. The molecule has 3 aromatic rings. The highest BCUT2D eigenvalue weighted by Crippen LogP contribution is 2.29. The van der Waals surface area contributed by atoms with E-state index >= 15 is 0 Å². The second-order valence-electron chi connectivity index (χ2n) is 5.95. The van der Waals surface area contributed by atoms with E-state index in [0.717, 1.165) is 24.3 Å². The topological polar surface area (TPSA) is 88.2 Å². The van der Waals surface area contributed by atoms with Gasteiger partial charge in [-0.25, -0.2) is 0 Å². The minimum Gasteiger partial charge on any atom is -0.421 e. The number of hydrogen-bond acceptors (Lipinski definition) is 5. The molecule has 2 aromatic carbocycles. The van der Waals surface area contributed by atoms with Crippen LogP contribution in [0.2, 0.25) is 5.02 Å². The van der Waals surface area contributed by atoms with Crippen LogP contribution < -0.4 is 5.32 Å². The fourth-order valence-electron chi connectivity index (χ4n) is 2.35. The molecule has 0 saturated heterocycles. The van der Waals surface area contributed by atoms with Crippen molar-refractivity contribution in [3.63, 3.8) is 0 Å². The first kappa shape index (κ1) is 21.4. The average Bonchev–Trinajstić information content (AvgIpc) is 3.16. The molecule has 6 nitrogen and oxygen atoms in total. The van der Waals surface area contributed by atoms with Crippen molar-refractivity contribution in [2.45, 2.75) is 12.6 Å². The summed E-state index contributed by atoms with van der Waals surface area (Å²) in [5.41, 5.74) is 0.261. The number of hydrogen-bond donors (Lipinski definition) is 2. The predicted octanol–water partition coefficient (Wildman–Crippen LogP) is 3.93. The lowest BCUT2D eigenvalue weighted by atomic mass is 10.1. The number of carbonyl (C=O) groups is 1. The maximum atomic E-state index is 12.6. The van der Waals surface area contributed by atoms with E-state index in [9.17, 15) is 18.0 Å². The Labute approximate surface area is 173 Å². The summed E-state index contributed by atoms with van der Waals surface area (Å²) in [5, 5.41) is 19.2. The van der Waals surface area contributed by atoms with Crippen molar-refractivity contribution >= 4 is 23.2 Å². The van der Waals surface area contributed by atoms with Crippen LogP contribution in [0, 0.1) is 11.8 Å². The van der Waals surface area contributed by atoms with Gasteiger partial charge in [-0.05, 0) is 42.5 Å². The van der Waals surface area contributed by atoms with E-state index in [-0.39, 0.29) is 35.5 Å². The molecular weight excluding hydrogens is 423 g/mol. The Hall–Kier alpha value is -3.35. The molecule has 3 rings (SSSR count). The van der Waals surface area contributed by atoms with Crippen molar-refractivity contribution in [2.24, 2.45) is 0 Å². The van der Waals surface area contributed by atoms with Gasteiger partial charge in [-0.15, -0.1) is 10.2 Å². The smallest absolute Gasteiger partial charge is 0.416 e. The lowest BCUT2D eigenvalue weighted by Crippen LogP contribution is -2.09. The number of aliphatic hydroxyl groups excluding tert-OH is 1. The van der Waals surface area contributed by atoms with Crippen molar-refractivity contribution in [3.05, 3.63) is 64.5 Å². The van der Waals surface area contributed by atoms with Crippen molar-refractivity contribution in [3.8, 4) is 23.3 Å². The molecule has 0 spiro atoms. The average molecular weight is 436 g/mol. The maximum Gasteiger partial charge on any atom is 0.416 e. The Morgan fingerprint density at radius 3 is 2.53 bits per heavy atom. The fourth-order valence-corrected chi connectivity index (χ4v) is 2.57. The molecule has 154 valence electrons. The van der Waals surface area contributed by atoms with E-state index in [1.807, 2.05) is 0 Å². The second kappa shape index (κ2) is 8.98. The summed E-state index contributed by atoms with van der Waals surface area (Å²) in [6.45, 7) is -0.120. The quantitative estimate of drug-likeness (QED) is 0.606. The van der Waals surface area contributed by atoms with Gasteiger partial charge in [0.25, 0.3) is 0 Å². The van der Waals surface area contributed by atoms with E-state index in [4.69, 9.17) is 21.1 Å². The molecule has 0 atom stereocenters. The van der Waals surface area contributed by atoms with Gasteiger partial charge in [0.2, 0.25) is 11.8 Å². The van der Waals surface area contributed by atoms with Crippen LogP contribution in [-0.4, -0.2) is 27.8 Å². The molecule has 10 heteroatoms. The Morgan fingerprint density at radius 2 is 1.90 bits per heavy atom. The molecule has 0 aliphatic heterocycles. The summed E-state index contributed by atoms with van der Waals surface area (Å²) in [6, 6.07) is 8.73. The normalized spacial score (nSPS) is 11.0. The molecule has 0 radical (unpaired) electrons. The van der Waals surface area contributed by atoms with Gasteiger partial charge in [-0.1, -0.05) is 17.5 Å². The lowest BCUT2D eigenvalue weighted by Gasteiger charge is -2.07. The fraction of sp³-hybridized carbons (Fsp3) is 0.150. The van der Waals surface area contributed by atoms with Gasteiger partial charge in [-0.3, -0.25) is 4.79 Å². The zero-order valence-electron chi connectivity index (χ0n) is 15.1. The highest BCUT2D eigenvalue weighted by molar-refractivity contribution is 6.32. The molecule has 0 bridgehead atoms. The zero-order chi connectivity index (χ0) is 21.7. The highest BCUT2D eigenvalue weighted by atomic mass is 35.5. The SMILES string of the molecule is O=C(C#Cc1ccc(-c2nnc(CCO)o2)cc1Cl)Nc1ccc(C(F)(F)F)cc1. The third kappa shape index (κ3) is 5.37. The molecule has 1 heterocycles. The number of amides is 1. The Morgan fingerprint density at radius 1 is 1.17 bits per heavy atom. The number of anilines is 1. The van der Waals surface area contributed by atoms with E-state index in [2.05, 4.69) is 27.4 Å². The van der Waals surface area contributed by atoms with Gasteiger partial charge in [-0.2, -0.15) is 13.2 Å². The molecule has 2 N–H and O–H groups in total. The summed E-state index contributed by atoms with van der Waals surface area (Å²) in [7, 11) is 0. The minimum atomic E-state index is -4.45. The van der Waals surface area contributed by atoms with E-state index in [0.29, 0.717) is 11.1 Å². The number of aliphatic hydroxyl groups is 1. The third-order valence-electron chi connectivity index (χ3n) is 3.79. The lowest BCUT2D eigenvalue weighted by molar-refractivity contribution is -0.137. The van der Waals surface area contributed by atoms with Gasteiger partial charge in [0.15, 0.2) is 0 Å². The molecular formula is C20H13ClF3N3O3. The van der Waals surface area contributed by atoms with Crippen LogP contribution in [0.25, 0.3) is 11.5 Å². The van der Waals surface area contributed by atoms with Gasteiger partial charge < -0.3 is 14.8 Å². The van der Waals surface area contributed by atoms with Crippen LogP contribution >= 0.6 is 11.6 Å². The highest BCUT2D eigenvalue weighted by Gasteiger charge is 2.29. The molecule has 0 aliphatic carbocycles. The number of alkyl halides is 3. The number of rotatable bonds is 4. The summed E-state index contributed by atoms with van der Waals surface area (Å²) in [5.74, 6) is 4.73. The molecule has 30 heavy (non-hydrogen) atoms. The third-order valence-corrected chi connectivity index (χ3v) is 4.10. The van der Waals surface area contributed by atoms with E-state index in [1.54, 1.807) is 12.1 Å². The molecule has 0 unspecified atom stereocenters. The first-order valence-corrected chi connectivity index (χ1v) is 8.87. The molecule has 0 fully saturated rings. The number of carbonyl (C=O) groups excluding carboxylic acids is 1. The van der Waals surface area contributed by atoms with Gasteiger partial charge >= 0.3 is 12.1 Å². The van der Waals surface area contributed by atoms with Crippen molar-refractivity contribution in [1.29, 1.82) is 0 Å². The number of nitrogens with zero attached hydrogens (tertiary/aromatic N) is 2. The van der Waals surface area contributed by atoms with Crippen LogP contribution in [0.4, 0.5) is 18.9 Å². The van der Waals surface area contributed by atoms with E-state index in [1.165, 1.54) is 6.07 Å². The Bertz CT molecular complexity index is 1120. The van der Waals surface area contributed by atoms with Crippen molar-refractivity contribution in [2.75, 3.05) is 11.9 Å². The van der Waals surface area contributed by atoms with Crippen molar-refractivity contribution in [1.82, 2.24) is 10.2 Å². The number of aromatic nitrogens is 2. The van der Waals surface area contributed by atoms with Crippen LogP contribution in [0.15, 0.2) is 46.9 Å². The number of halogens is 4. The number of benzene rings is 2. The zero-order valence-corrected chi connectivity index (χ0v) is 15.9. The first-order valence-electron chi connectivity index (χ1n) is 8.49. The summed E-state index contributed by atoms with van der Waals surface area (Å²) in [6.07, 6.45) is -4.22. The Balaban J connectivity index is 1.68. The summed E-state index contributed by atoms with van der Waals surface area (Å²) in [4.78, 5) is 11.9. The molecule has 1 aromatic heterocycles. The molecule has 1 amide bonds. The van der Waals surface area contributed by atoms with Gasteiger partial charge in [0.05, 0.1) is 17.2 Å². The summed E-state index contributed by atoms with van der Waals surface area (Å²) < 4.78 is 43.1. The van der Waals surface area contributed by atoms with Crippen LogP contribution in [0.5, 0.6) is 0 Å². The van der Waals surface area contributed by atoms with Crippen molar-refractivity contribution < 1.29 is 27.5 Å². The van der Waals surface area contributed by atoms with E-state index < -0.39 is 17.6 Å². The standard InChI is InChI=1S/C20H13ClF3N3O3/c21-16-11-13(19-27-26-18(30-19)9-10-28)2-1-12(16)3-8-17(29)25-15-6-4-14(5-7-15)20(22,23)24/h1-2,4-7,11,28H,9-10H2,(H,25,29). The first-order chi connectivity index (χ1) is 14.3. The molecule has 0 saturated carbocycles. The largest absolute Gasteiger partial charge is 0.421 e. The van der Waals surface area contributed by atoms with Gasteiger partial charge in [0.1, 0.15) is 0 Å². The molecule has 0 aliphatic rings. The van der Waals surface area contributed by atoms with Crippen LogP contribution in [0.1, 0.15) is 17.0 Å². The van der Waals surface area contributed by atoms with Crippen LogP contribution in [-0.2, 0) is 17.4 Å². The van der Waals surface area contributed by atoms with Crippen LogP contribution in [0.3, 0.4) is 0 Å². The monoisotopic (exact) mass is 435 g/mol. The predicted molar refractivity (Wildman–Crippen MR) is 102 cm³/mol.